The first kappa shape index (κ1) is 19.9. The molecule has 1 heterocycles. The van der Waals surface area contributed by atoms with Crippen molar-refractivity contribution in [2.75, 3.05) is 17.7 Å². The van der Waals surface area contributed by atoms with Crippen molar-refractivity contribution in [2.24, 2.45) is 0 Å². The number of nitrogens with one attached hydrogen (secondary N) is 2. The second kappa shape index (κ2) is 8.88. The van der Waals surface area contributed by atoms with E-state index < -0.39 is 12.0 Å². The number of benzene rings is 2. The predicted octanol–water partition coefficient (Wildman–Crippen LogP) is 4.11. The summed E-state index contributed by atoms with van der Waals surface area (Å²) in [5.74, 6) is -0.494. The summed E-state index contributed by atoms with van der Waals surface area (Å²) in [6.07, 6.45) is 3.68. The molecule has 0 aliphatic carbocycles. The van der Waals surface area contributed by atoms with Crippen LogP contribution >= 0.6 is 0 Å². The van der Waals surface area contributed by atoms with Gasteiger partial charge in [0.15, 0.2) is 0 Å². The molecule has 2 N–H and O–H groups in total. The molecule has 7 nitrogen and oxygen atoms in total. The average Bonchev–Trinajstić information content (AvgIpc) is 3.25. The molecule has 0 radical (unpaired) electrons. The Morgan fingerprint density at radius 2 is 1.62 bits per heavy atom. The smallest absolute Gasteiger partial charge is 0.338 e. The third-order valence-corrected chi connectivity index (χ3v) is 4.45. The molecule has 2 aromatic carbocycles. The minimum atomic E-state index is -0.461. The first-order valence-corrected chi connectivity index (χ1v) is 8.99. The van der Waals surface area contributed by atoms with Crippen LogP contribution in [0, 0.1) is 6.92 Å². The highest BCUT2D eigenvalue weighted by atomic mass is 16.5. The quantitative estimate of drug-likeness (QED) is 0.641. The van der Waals surface area contributed by atoms with Gasteiger partial charge in [0.25, 0.3) is 0 Å². The zero-order valence-corrected chi connectivity index (χ0v) is 16.1. The van der Waals surface area contributed by atoms with Crippen LogP contribution in [0.25, 0.3) is 0 Å². The van der Waals surface area contributed by atoms with Crippen molar-refractivity contribution in [3.05, 3.63) is 83.7 Å². The maximum Gasteiger partial charge on any atom is 0.338 e. The van der Waals surface area contributed by atoms with Crippen LogP contribution in [0.1, 0.15) is 26.3 Å². The number of amides is 2. The van der Waals surface area contributed by atoms with Crippen LogP contribution in [-0.2, 0) is 11.2 Å². The maximum absolute atomic E-state index is 12.3. The lowest BCUT2D eigenvalue weighted by Crippen LogP contribution is -2.20. The Morgan fingerprint density at radius 3 is 2.28 bits per heavy atom. The van der Waals surface area contributed by atoms with E-state index in [1.807, 2.05) is 0 Å². The molecular weight excluding hydrogens is 370 g/mol. The number of hydrogen-bond acceptors (Lipinski definition) is 4. The van der Waals surface area contributed by atoms with E-state index in [9.17, 15) is 14.4 Å². The summed E-state index contributed by atoms with van der Waals surface area (Å²) in [5.41, 5.74) is 2.95. The highest BCUT2D eigenvalue weighted by Crippen LogP contribution is 2.20. The van der Waals surface area contributed by atoms with Crippen molar-refractivity contribution in [2.45, 2.75) is 13.3 Å². The number of carbonyl (C=O) groups is 3. The van der Waals surface area contributed by atoms with Crippen LogP contribution < -0.4 is 10.6 Å². The van der Waals surface area contributed by atoms with Gasteiger partial charge in [-0.2, -0.15) is 0 Å². The molecule has 0 aliphatic heterocycles. The second-order valence-corrected chi connectivity index (χ2v) is 6.41. The second-order valence-electron chi connectivity index (χ2n) is 6.41. The van der Waals surface area contributed by atoms with Crippen LogP contribution in [0.15, 0.2) is 67.0 Å². The molecule has 0 saturated carbocycles. The van der Waals surface area contributed by atoms with Gasteiger partial charge >= 0.3 is 12.0 Å². The lowest BCUT2D eigenvalue weighted by atomic mass is 10.1. The third-order valence-electron chi connectivity index (χ3n) is 4.45. The number of aromatic nitrogens is 1. The van der Waals surface area contributed by atoms with E-state index in [-0.39, 0.29) is 12.3 Å². The van der Waals surface area contributed by atoms with Crippen LogP contribution in [0.5, 0.6) is 0 Å². The summed E-state index contributed by atoms with van der Waals surface area (Å²) in [4.78, 5) is 36.2. The molecule has 0 atom stereocenters. The van der Waals surface area contributed by atoms with Crippen LogP contribution in [-0.4, -0.2) is 29.6 Å². The van der Waals surface area contributed by atoms with Gasteiger partial charge in [-0.3, -0.25) is 9.36 Å². The summed E-state index contributed by atoms with van der Waals surface area (Å²) in [6, 6.07) is 15.2. The van der Waals surface area contributed by atoms with E-state index in [2.05, 4.69) is 10.6 Å². The van der Waals surface area contributed by atoms with E-state index in [1.165, 1.54) is 11.7 Å². The highest BCUT2D eigenvalue weighted by Gasteiger charge is 2.13. The molecular formula is C22H21N3O4. The predicted molar refractivity (Wildman–Crippen MR) is 110 cm³/mol. The number of methoxy groups -OCH3 is 1. The number of hydrogen-bond donors (Lipinski definition) is 2. The summed E-state index contributed by atoms with van der Waals surface area (Å²) < 4.78 is 6.27. The van der Waals surface area contributed by atoms with E-state index in [1.54, 1.807) is 73.9 Å². The van der Waals surface area contributed by atoms with E-state index in [4.69, 9.17) is 4.74 Å². The summed E-state index contributed by atoms with van der Waals surface area (Å²) >= 11 is 0. The van der Waals surface area contributed by atoms with Gasteiger partial charge in [-0.15, -0.1) is 0 Å². The standard InChI is InChI=1S/C22H21N3O4/c1-15-18(21(27)29-2)6-5-7-19(15)24-22(28)23-17-10-8-16(9-11-17)14-20(26)25-12-3-4-13-25/h3-13H,14H2,1-2H3,(H2,23,24,28). The van der Waals surface area contributed by atoms with Gasteiger partial charge in [-0.1, -0.05) is 18.2 Å². The van der Waals surface area contributed by atoms with Crippen molar-refractivity contribution in [1.82, 2.24) is 4.57 Å². The van der Waals surface area contributed by atoms with Crippen molar-refractivity contribution in [3.8, 4) is 0 Å². The number of nitrogens with zero attached hydrogens (tertiary/aromatic N) is 1. The number of ether oxygens (including phenoxy) is 1. The minimum absolute atomic E-state index is 0.0329. The first-order valence-electron chi connectivity index (χ1n) is 8.99. The molecule has 0 bridgehead atoms. The fraction of sp³-hybridized carbons (Fsp3) is 0.136. The average molecular weight is 391 g/mol. The van der Waals surface area contributed by atoms with Gasteiger partial charge in [0, 0.05) is 23.8 Å². The molecule has 29 heavy (non-hydrogen) atoms. The number of urea groups is 1. The highest BCUT2D eigenvalue weighted by molar-refractivity contribution is 6.01. The van der Waals surface area contributed by atoms with Crippen molar-refractivity contribution < 1.29 is 19.1 Å². The molecule has 148 valence electrons. The number of anilines is 2. The number of rotatable bonds is 5. The summed E-state index contributed by atoms with van der Waals surface area (Å²) in [7, 11) is 1.31. The van der Waals surface area contributed by atoms with Gasteiger partial charge in [-0.05, 0) is 54.4 Å². The van der Waals surface area contributed by atoms with Gasteiger partial charge in [0.1, 0.15) is 0 Å². The number of esters is 1. The lowest BCUT2D eigenvalue weighted by molar-refractivity contribution is 0.0599. The molecule has 0 aliphatic rings. The molecule has 1 aromatic heterocycles. The summed E-state index contributed by atoms with van der Waals surface area (Å²) in [5, 5.41) is 5.46. The molecule has 0 unspecified atom stereocenters. The topological polar surface area (TPSA) is 89.4 Å². The van der Waals surface area contributed by atoms with Crippen molar-refractivity contribution in [3.63, 3.8) is 0 Å². The molecule has 0 spiro atoms. The monoisotopic (exact) mass is 391 g/mol. The van der Waals surface area contributed by atoms with Crippen LogP contribution in [0.2, 0.25) is 0 Å². The van der Waals surface area contributed by atoms with E-state index in [0.29, 0.717) is 22.5 Å². The van der Waals surface area contributed by atoms with Gasteiger partial charge in [0.05, 0.1) is 19.1 Å². The van der Waals surface area contributed by atoms with Crippen LogP contribution in [0.3, 0.4) is 0 Å². The Bertz CT molecular complexity index is 1020. The Morgan fingerprint density at radius 1 is 0.931 bits per heavy atom. The molecule has 3 aromatic rings. The Labute approximate surface area is 168 Å². The van der Waals surface area contributed by atoms with Gasteiger partial charge in [-0.25, -0.2) is 9.59 Å². The maximum atomic E-state index is 12.3. The van der Waals surface area contributed by atoms with Gasteiger partial charge < -0.3 is 15.4 Å². The van der Waals surface area contributed by atoms with Gasteiger partial charge in [0.2, 0.25) is 5.91 Å². The fourth-order valence-electron chi connectivity index (χ4n) is 2.86. The van der Waals surface area contributed by atoms with Crippen LogP contribution in [0.4, 0.5) is 16.2 Å². The molecule has 7 heteroatoms. The first-order chi connectivity index (χ1) is 14.0. The third kappa shape index (κ3) is 4.90. The molecule has 0 saturated heterocycles. The lowest BCUT2D eigenvalue weighted by Gasteiger charge is -2.12. The Balaban J connectivity index is 1.61. The molecule has 2 amide bonds. The zero-order valence-electron chi connectivity index (χ0n) is 16.1. The molecule has 3 rings (SSSR count). The van der Waals surface area contributed by atoms with Crippen molar-refractivity contribution >= 4 is 29.3 Å². The zero-order chi connectivity index (χ0) is 20.8. The largest absolute Gasteiger partial charge is 0.465 e. The minimum Gasteiger partial charge on any atom is -0.465 e. The normalized spacial score (nSPS) is 10.3. The van der Waals surface area contributed by atoms with Crippen molar-refractivity contribution in [1.29, 1.82) is 0 Å². The van der Waals surface area contributed by atoms with E-state index >= 15 is 0 Å². The Kier molecular flexibility index (Phi) is 6.09. The Hall–Kier alpha value is -3.87. The molecule has 0 fully saturated rings. The number of carbonyl (C=O) groups excluding carboxylic acids is 3. The summed E-state index contributed by atoms with van der Waals surface area (Å²) in [6.45, 7) is 1.73. The SMILES string of the molecule is COC(=O)c1cccc(NC(=O)Nc2ccc(CC(=O)n3cccc3)cc2)c1C. The fourth-order valence-corrected chi connectivity index (χ4v) is 2.86. The van der Waals surface area contributed by atoms with E-state index in [0.717, 1.165) is 5.56 Å².